The Morgan fingerprint density at radius 1 is 1.42 bits per heavy atom. The van der Waals surface area contributed by atoms with Crippen LogP contribution in [0.15, 0.2) is 18.2 Å². The first kappa shape index (κ1) is 15.0. The number of hydrogen-bond donors (Lipinski definition) is 2. The van der Waals surface area contributed by atoms with Gasteiger partial charge in [-0.3, -0.25) is 4.79 Å². The maximum atomic E-state index is 11.5. The van der Waals surface area contributed by atoms with Crippen LogP contribution in [0, 0.1) is 6.92 Å². The van der Waals surface area contributed by atoms with Crippen molar-refractivity contribution in [3.05, 3.63) is 29.3 Å². The lowest BCUT2D eigenvalue weighted by atomic mass is 10.1. The number of nitrogens with one attached hydrogen (secondary N) is 1. The Balaban J connectivity index is 2.59. The van der Waals surface area contributed by atoms with E-state index in [1.165, 1.54) is 12.1 Å². The van der Waals surface area contributed by atoms with E-state index in [1.54, 1.807) is 13.0 Å². The number of carbonyl (C=O) groups excluding carboxylic acids is 1. The summed E-state index contributed by atoms with van der Waals surface area (Å²) in [7, 11) is 0. The molecule has 5 heteroatoms. The van der Waals surface area contributed by atoms with E-state index in [0.29, 0.717) is 11.3 Å². The summed E-state index contributed by atoms with van der Waals surface area (Å²) in [6.45, 7) is 5.58. The fraction of sp³-hybridized carbons (Fsp3) is 0.429. The maximum Gasteiger partial charge on any atom is 0.335 e. The highest BCUT2D eigenvalue weighted by molar-refractivity contribution is 5.88. The SMILES string of the molecule is CCC(C)NC(=O)COc1ccc(C(=O)O)cc1C. The Morgan fingerprint density at radius 2 is 2.11 bits per heavy atom. The lowest BCUT2D eigenvalue weighted by Crippen LogP contribution is -2.35. The highest BCUT2D eigenvalue weighted by Gasteiger charge is 2.09. The third-order valence-corrected chi connectivity index (χ3v) is 2.80. The Kier molecular flexibility index (Phi) is 5.36. The van der Waals surface area contributed by atoms with Gasteiger partial charge in [0.05, 0.1) is 5.56 Å². The van der Waals surface area contributed by atoms with Crippen LogP contribution < -0.4 is 10.1 Å². The largest absolute Gasteiger partial charge is 0.484 e. The summed E-state index contributed by atoms with van der Waals surface area (Å²) in [4.78, 5) is 22.3. The van der Waals surface area contributed by atoms with Crippen LogP contribution in [0.25, 0.3) is 0 Å². The molecular formula is C14H19NO4. The Hall–Kier alpha value is -2.04. The first-order chi connectivity index (χ1) is 8.93. The summed E-state index contributed by atoms with van der Waals surface area (Å²) in [5.41, 5.74) is 0.894. The molecule has 0 saturated heterocycles. The van der Waals surface area contributed by atoms with Crippen LogP contribution in [0.5, 0.6) is 5.75 Å². The van der Waals surface area contributed by atoms with Gasteiger partial charge in [0.1, 0.15) is 5.75 Å². The number of hydrogen-bond acceptors (Lipinski definition) is 3. The summed E-state index contributed by atoms with van der Waals surface area (Å²) in [6, 6.07) is 4.66. The van der Waals surface area contributed by atoms with E-state index in [2.05, 4.69) is 5.32 Å². The van der Waals surface area contributed by atoms with Crippen molar-refractivity contribution in [3.63, 3.8) is 0 Å². The molecule has 0 heterocycles. The van der Waals surface area contributed by atoms with E-state index < -0.39 is 5.97 Å². The van der Waals surface area contributed by atoms with Crippen LogP contribution in [0.2, 0.25) is 0 Å². The summed E-state index contributed by atoms with van der Waals surface area (Å²) < 4.78 is 5.37. The fourth-order valence-electron chi connectivity index (χ4n) is 1.51. The van der Waals surface area contributed by atoms with Gasteiger partial charge in [0.25, 0.3) is 5.91 Å². The van der Waals surface area contributed by atoms with Gasteiger partial charge >= 0.3 is 5.97 Å². The summed E-state index contributed by atoms with van der Waals surface area (Å²) in [5.74, 6) is -0.649. The highest BCUT2D eigenvalue weighted by atomic mass is 16.5. The molecule has 1 unspecified atom stereocenters. The lowest BCUT2D eigenvalue weighted by Gasteiger charge is -2.13. The van der Waals surface area contributed by atoms with Gasteiger partial charge in [0.2, 0.25) is 0 Å². The molecule has 2 N–H and O–H groups in total. The topological polar surface area (TPSA) is 75.6 Å². The molecule has 0 aromatic heterocycles. The van der Waals surface area contributed by atoms with Crippen molar-refractivity contribution >= 4 is 11.9 Å². The quantitative estimate of drug-likeness (QED) is 0.824. The van der Waals surface area contributed by atoms with Gasteiger partial charge in [-0.1, -0.05) is 6.92 Å². The molecule has 19 heavy (non-hydrogen) atoms. The second-order valence-corrected chi connectivity index (χ2v) is 4.45. The van der Waals surface area contributed by atoms with Gasteiger partial charge < -0.3 is 15.2 Å². The second kappa shape index (κ2) is 6.78. The number of carboxylic acid groups (broad SMARTS) is 1. The van der Waals surface area contributed by atoms with Gasteiger partial charge in [-0.2, -0.15) is 0 Å². The number of ether oxygens (including phenoxy) is 1. The van der Waals surface area contributed by atoms with Crippen LogP contribution in [0.4, 0.5) is 0 Å². The normalized spacial score (nSPS) is 11.7. The lowest BCUT2D eigenvalue weighted by molar-refractivity contribution is -0.123. The Morgan fingerprint density at radius 3 is 2.63 bits per heavy atom. The van der Waals surface area contributed by atoms with Crippen LogP contribution in [-0.2, 0) is 4.79 Å². The van der Waals surface area contributed by atoms with Gasteiger partial charge in [-0.25, -0.2) is 4.79 Å². The zero-order chi connectivity index (χ0) is 14.4. The van der Waals surface area contributed by atoms with Crippen molar-refractivity contribution in [2.75, 3.05) is 6.61 Å². The number of carboxylic acids is 1. The number of amides is 1. The zero-order valence-electron chi connectivity index (χ0n) is 11.4. The van der Waals surface area contributed by atoms with Crippen LogP contribution >= 0.6 is 0 Å². The van der Waals surface area contributed by atoms with E-state index >= 15 is 0 Å². The van der Waals surface area contributed by atoms with E-state index in [4.69, 9.17) is 9.84 Å². The molecule has 1 rings (SSSR count). The van der Waals surface area contributed by atoms with Gasteiger partial charge in [0.15, 0.2) is 6.61 Å². The number of aromatic carboxylic acids is 1. The third kappa shape index (κ3) is 4.62. The van der Waals surface area contributed by atoms with E-state index in [9.17, 15) is 9.59 Å². The molecular weight excluding hydrogens is 246 g/mol. The molecule has 1 aromatic carbocycles. The second-order valence-electron chi connectivity index (χ2n) is 4.45. The van der Waals surface area contributed by atoms with E-state index in [-0.39, 0.29) is 24.1 Å². The number of rotatable bonds is 6. The molecule has 0 aliphatic rings. The van der Waals surface area contributed by atoms with Crippen molar-refractivity contribution in [1.29, 1.82) is 0 Å². The molecule has 5 nitrogen and oxygen atoms in total. The molecule has 0 aliphatic carbocycles. The van der Waals surface area contributed by atoms with Crippen molar-refractivity contribution in [2.24, 2.45) is 0 Å². The summed E-state index contributed by atoms with van der Waals surface area (Å²) in [6.07, 6.45) is 0.859. The molecule has 0 fully saturated rings. The predicted molar refractivity (Wildman–Crippen MR) is 71.5 cm³/mol. The molecule has 0 aliphatic heterocycles. The van der Waals surface area contributed by atoms with Crippen molar-refractivity contribution < 1.29 is 19.4 Å². The minimum atomic E-state index is -0.982. The average Bonchev–Trinajstić information content (AvgIpc) is 2.36. The van der Waals surface area contributed by atoms with Crippen LogP contribution in [0.1, 0.15) is 36.2 Å². The maximum absolute atomic E-state index is 11.5. The predicted octanol–water partition coefficient (Wildman–Crippen LogP) is 1.99. The van der Waals surface area contributed by atoms with Gasteiger partial charge in [-0.15, -0.1) is 0 Å². The average molecular weight is 265 g/mol. The first-order valence-electron chi connectivity index (χ1n) is 6.20. The Labute approximate surface area is 112 Å². The number of benzene rings is 1. The van der Waals surface area contributed by atoms with Crippen molar-refractivity contribution in [2.45, 2.75) is 33.2 Å². The zero-order valence-corrected chi connectivity index (χ0v) is 11.4. The third-order valence-electron chi connectivity index (χ3n) is 2.80. The molecule has 0 bridgehead atoms. The fourth-order valence-corrected chi connectivity index (χ4v) is 1.51. The number of carbonyl (C=O) groups is 2. The van der Waals surface area contributed by atoms with E-state index in [0.717, 1.165) is 6.42 Å². The molecule has 1 aromatic rings. The molecule has 0 radical (unpaired) electrons. The minimum Gasteiger partial charge on any atom is -0.484 e. The highest BCUT2D eigenvalue weighted by Crippen LogP contribution is 2.19. The minimum absolute atomic E-state index is 0.0718. The standard InChI is InChI=1S/C14H19NO4/c1-4-10(3)15-13(16)8-19-12-6-5-11(14(17)18)7-9(12)2/h5-7,10H,4,8H2,1-3H3,(H,15,16)(H,17,18). The van der Waals surface area contributed by atoms with Crippen LogP contribution in [-0.4, -0.2) is 29.6 Å². The molecule has 0 spiro atoms. The first-order valence-corrected chi connectivity index (χ1v) is 6.20. The van der Waals surface area contributed by atoms with Gasteiger partial charge in [-0.05, 0) is 44.0 Å². The van der Waals surface area contributed by atoms with Gasteiger partial charge in [0, 0.05) is 6.04 Å². The smallest absolute Gasteiger partial charge is 0.335 e. The van der Waals surface area contributed by atoms with Crippen molar-refractivity contribution in [1.82, 2.24) is 5.32 Å². The summed E-state index contributed by atoms with van der Waals surface area (Å²) in [5, 5.41) is 11.6. The molecule has 104 valence electrons. The monoisotopic (exact) mass is 265 g/mol. The van der Waals surface area contributed by atoms with Crippen LogP contribution in [0.3, 0.4) is 0 Å². The van der Waals surface area contributed by atoms with E-state index in [1.807, 2.05) is 13.8 Å². The summed E-state index contributed by atoms with van der Waals surface area (Å²) >= 11 is 0. The Bertz CT molecular complexity index is 471. The van der Waals surface area contributed by atoms with Crippen molar-refractivity contribution in [3.8, 4) is 5.75 Å². The molecule has 1 atom stereocenters. The molecule has 0 saturated carbocycles. The molecule has 1 amide bonds. The number of aryl methyl sites for hydroxylation is 1.